The molecule has 2 heterocycles. The van der Waals surface area contributed by atoms with E-state index in [2.05, 4.69) is 22.1 Å². The van der Waals surface area contributed by atoms with Crippen molar-refractivity contribution in [1.29, 1.82) is 0 Å². The van der Waals surface area contributed by atoms with Crippen LogP contribution in [-0.2, 0) is 17.6 Å². The number of fused-ring (bicyclic) bond motifs is 3. The molecule has 2 aromatic carbocycles. The number of benzene rings is 2. The van der Waals surface area contributed by atoms with Crippen molar-refractivity contribution in [3.05, 3.63) is 77.6 Å². The lowest BCUT2D eigenvalue weighted by molar-refractivity contribution is 0.0601. The SMILES string of the molecule is COC(=O)c1c(CCc2ccccc2)ncc2c1[nH]c1ccccc12. The maximum absolute atomic E-state index is 12.5. The third-order valence-corrected chi connectivity index (χ3v) is 4.52. The third-order valence-electron chi connectivity index (χ3n) is 4.52. The minimum Gasteiger partial charge on any atom is -0.465 e. The predicted octanol–water partition coefficient (Wildman–Crippen LogP) is 4.29. The van der Waals surface area contributed by atoms with Crippen molar-refractivity contribution >= 4 is 27.8 Å². The van der Waals surface area contributed by atoms with E-state index in [9.17, 15) is 4.79 Å². The summed E-state index contributed by atoms with van der Waals surface area (Å²) in [4.78, 5) is 20.4. The first-order valence-electron chi connectivity index (χ1n) is 8.28. The molecule has 4 aromatic rings. The zero-order valence-electron chi connectivity index (χ0n) is 14.0. The Morgan fingerprint density at radius 1 is 1.00 bits per heavy atom. The summed E-state index contributed by atoms with van der Waals surface area (Å²) in [6, 6.07) is 18.2. The topological polar surface area (TPSA) is 55.0 Å². The Morgan fingerprint density at radius 2 is 1.76 bits per heavy atom. The lowest BCUT2D eigenvalue weighted by Gasteiger charge is -2.08. The van der Waals surface area contributed by atoms with Gasteiger partial charge in [0.2, 0.25) is 0 Å². The van der Waals surface area contributed by atoms with Gasteiger partial charge in [-0.3, -0.25) is 4.98 Å². The molecule has 0 unspecified atom stereocenters. The van der Waals surface area contributed by atoms with E-state index in [1.54, 1.807) is 0 Å². The Labute approximate surface area is 145 Å². The minimum atomic E-state index is -0.354. The molecule has 0 atom stereocenters. The van der Waals surface area contributed by atoms with Crippen molar-refractivity contribution in [2.45, 2.75) is 12.8 Å². The number of carbonyl (C=O) groups excluding carboxylic acids is 1. The van der Waals surface area contributed by atoms with Crippen LogP contribution < -0.4 is 0 Å². The van der Waals surface area contributed by atoms with Crippen LogP contribution in [0, 0.1) is 0 Å². The molecule has 4 nitrogen and oxygen atoms in total. The maximum atomic E-state index is 12.5. The number of aryl methyl sites for hydroxylation is 2. The number of H-pyrrole nitrogens is 1. The highest BCUT2D eigenvalue weighted by atomic mass is 16.5. The van der Waals surface area contributed by atoms with Crippen LogP contribution in [0.5, 0.6) is 0 Å². The normalized spacial score (nSPS) is 11.1. The number of methoxy groups -OCH3 is 1. The molecule has 0 bridgehead atoms. The number of carbonyl (C=O) groups is 1. The lowest BCUT2D eigenvalue weighted by atomic mass is 10.0. The first kappa shape index (κ1) is 15.4. The van der Waals surface area contributed by atoms with E-state index in [1.165, 1.54) is 12.7 Å². The van der Waals surface area contributed by atoms with Gasteiger partial charge in [0.05, 0.1) is 18.3 Å². The number of hydrogen-bond acceptors (Lipinski definition) is 3. The summed E-state index contributed by atoms with van der Waals surface area (Å²) in [5.74, 6) is -0.354. The summed E-state index contributed by atoms with van der Waals surface area (Å²) in [5, 5.41) is 2.00. The fourth-order valence-electron chi connectivity index (χ4n) is 3.27. The first-order valence-corrected chi connectivity index (χ1v) is 8.28. The molecule has 0 aliphatic carbocycles. The number of pyridine rings is 1. The number of ether oxygens (including phenoxy) is 1. The Bertz CT molecular complexity index is 1050. The van der Waals surface area contributed by atoms with Gasteiger partial charge in [0.25, 0.3) is 0 Å². The average Bonchev–Trinajstić information content (AvgIpc) is 3.04. The van der Waals surface area contributed by atoms with Crippen molar-refractivity contribution in [2.24, 2.45) is 0 Å². The van der Waals surface area contributed by atoms with Crippen LogP contribution in [0.4, 0.5) is 0 Å². The van der Waals surface area contributed by atoms with Crippen molar-refractivity contribution in [3.8, 4) is 0 Å². The molecule has 0 aliphatic rings. The molecule has 2 aromatic heterocycles. The van der Waals surface area contributed by atoms with Crippen LogP contribution >= 0.6 is 0 Å². The largest absolute Gasteiger partial charge is 0.465 e. The van der Waals surface area contributed by atoms with E-state index in [0.717, 1.165) is 33.9 Å². The molecule has 0 spiro atoms. The quantitative estimate of drug-likeness (QED) is 0.568. The van der Waals surface area contributed by atoms with Crippen LogP contribution in [0.3, 0.4) is 0 Å². The van der Waals surface area contributed by atoms with Crippen molar-refractivity contribution in [2.75, 3.05) is 7.11 Å². The van der Waals surface area contributed by atoms with Gasteiger partial charge >= 0.3 is 5.97 Å². The van der Waals surface area contributed by atoms with E-state index in [0.29, 0.717) is 12.0 Å². The fourth-order valence-corrected chi connectivity index (χ4v) is 3.27. The van der Waals surface area contributed by atoms with Crippen LogP contribution in [0.15, 0.2) is 60.8 Å². The van der Waals surface area contributed by atoms with Crippen LogP contribution in [0.2, 0.25) is 0 Å². The predicted molar refractivity (Wildman–Crippen MR) is 98.8 cm³/mol. The second-order valence-corrected chi connectivity index (χ2v) is 6.02. The molecular formula is C21H18N2O2. The molecule has 0 saturated heterocycles. The zero-order valence-corrected chi connectivity index (χ0v) is 14.0. The number of hydrogen-bond donors (Lipinski definition) is 1. The summed E-state index contributed by atoms with van der Waals surface area (Å²) < 4.78 is 5.03. The number of para-hydroxylation sites is 1. The summed E-state index contributed by atoms with van der Waals surface area (Å²) in [6.45, 7) is 0. The van der Waals surface area contributed by atoms with Crippen LogP contribution in [0.1, 0.15) is 21.6 Å². The van der Waals surface area contributed by atoms with Gasteiger partial charge in [0.1, 0.15) is 5.56 Å². The third kappa shape index (κ3) is 2.76. The molecule has 0 aliphatic heterocycles. The molecule has 0 amide bonds. The molecule has 1 N–H and O–H groups in total. The number of nitrogens with zero attached hydrogens (tertiary/aromatic N) is 1. The van der Waals surface area contributed by atoms with E-state index in [-0.39, 0.29) is 5.97 Å². The minimum absolute atomic E-state index is 0.354. The van der Waals surface area contributed by atoms with E-state index < -0.39 is 0 Å². The lowest BCUT2D eigenvalue weighted by Crippen LogP contribution is -2.09. The maximum Gasteiger partial charge on any atom is 0.341 e. The van der Waals surface area contributed by atoms with Gasteiger partial charge in [-0.05, 0) is 24.5 Å². The number of aromatic nitrogens is 2. The number of aromatic amines is 1. The van der Waals surface area contributed by atoms with Gasteiger partial charge in [-0.25, -0.2) is 4.79 Å². The Balaban J connectivity index is 1.83. The molecule has 4 rings (SSSR count). The molecule has 4 heteroatoms. The van der Waals surface area contributed by atoms with Crippen LogP contribution in [0.25, 0.3) is 21.8 Å². The van der Waals surface area contributed by atoms with Gasteiger partial charge in [0.15, 0.2) is 0 Å². The van der Waals surface area contributed by atoms with Gasteiger partial charge < -0.3 is 9.72 Å². The smallest absolute Gasteiger partial charge is 0.341 e. The summed E-state index contributed by atoms with van der Waals surface area (Å²) >= 11 is 0. The molecule has 25 heavy (non-hydrogen) atoms. The number of esters is 1. The van der Waals surface area contributed by atoms with Gasteiger partial charge in [-0.2, -0.15) is 0 Å². The second-order valence-electron chi connectivity index (χ2n) is 6.02. The van der Waals surface area contributed by atoms with E-state index in [4.69, 9.17) is 4.74 Å². The zero-order chi connectivity index (χ0) is 17.2. The molecule has 0 radical (unpaired) electrons. The van der Waals surface area contributed by atoms with Crippen LogP contribution in [-0.4, -0.2) is 23.0 Å². The highest BCUT2D eigenvalue weighted by molar-refractivity contribution is 6.14. The van der Waals surface area contributed by atoms with Crippen molar-refractivity contribution in [3.63, 3.8) is 0 Å². The van der Waals surface area contributed by atoms with Gasteiger partial charge in [-0.1, -0.05) is 48.5 Å². The monoisotopic (exact) mass is 330 g/mol. The number of rotatable bonds is 4. The van der Waals surface area contributed by atoms with Gasteiger partial charge in [0, 0.05) is 22.5 Å². The Kier molecular flexibility index (Phi) is 3.94. The highest BCUT2D eigenvalue weighted by Crippen LogP contribution is 2.29. The second kappa shape index (κ2) is 6.40. The summed E-state index contributed by atoms with van der Waals surface area (Å²) in [5.41, 5.74) is 4.30. The Morgan fingerprint density at radius 3 is 2.56 bits per heavy atom. The molecule has 0 fully saturated rings. The van der Waals surface area contributed by atoms with E-state index >= 15 is 0 Å². The fraction of sp³-hybridized carbons (Fsp3) is 0.143. The highest BCUT2D eigenvalue weighted by Gasteiger charge is 2.20. The molecular weight excluding hydrogens is 312 g/mol. The van der Waals surface area contributed by atoms with Crippen molar-refractivity contribution < 1.29 is 9.53 Å². The Hall–Kier alpha value is -3.14. The standard InChI is InChI=1S/C21H18N2O2/c1-25-21(24)19-18(12-11-14-7-3-2-4-8-14)22-13-16-15-9-5-6-10-17(15)23-20(16)19/h2-10,13,23H,11-12H2,1H3. The van der Waals surface area contributed by atoms with Crippen molar-refractivity contribution in [1.82, 2.24) is 9.97 Å². The number of nitrogens with one attached hydrogen (secondary N) is 1. The average molecular weight is 330 g/mol. The summed E-state index contributed by atoms with van der Waals surface area (Å²) in [6.07, 6.45) is 3.35. The first-order chi connectivity index (χ1) is 12.3. The van der Waals surface area contributed by atoms with Gasteiger partial charge in [-0.15, -0.1) is 0 Å². The molecule has 124 valence electrons. The summed E-state index contributed by atoms with van der Waals surface area (Å²) in [7, 11) is 1.41. The molecule has 0 saturated carbocycles. The van der Waals surface area contributed by atoms with E-state index in [1.807, 2.05) is 48.7 Å².